The van der Waals surface area contributed by atoms with Gasteiger partial charge in [-0.2, -0.15) is 0 Å². The van der Waals surface area contributed by atoms with E-state index in [1.54, 1.807) is 16.8 Å². The molecule has 1 aromatic rings. The monoisotopic (exact) mass is 255 g/mol. The molecule has 4 N–H and O–H groups in total. The van der Waals surface area contributed by atoms with Crippen molar-refractivity contribution in [3.05, 3.63) is 18.0 Å². The van der Waals surface area contributed by atoms with Gasteiger partial charge in [0.05, 0.1) is 18.9 Å². The second kappa shape index (κ2) is 7.03. The van der Waals surface area contributed by atoms with Crippen LogP contribution < -0.4 is 5.73 Å². The van der Waals surface area contributed by atoms with Crippen LogP contribution in [0.5, 0.6) is 0 Å². The van der Waals surface area contributed by atoms with E-state index in [0.717, 1.165) is 6.42 Å². The predicted molar refractivity (Wildman–Crippen MR) is 69.2 cm³/mol. The summed E-state index contributed by atoms with van der Waals surface area (Å²) in [5.41, 5.74) is 6.74. The summed E-state index contributed by atoms with van der Waals surface area (Å²) in [5, 5.41) is 17.9. The maximum atomic E-state index is 12.3. The van der Waals surface area contributed by atoms with Crippen molar-refractivity contribution in [3.63, 3.8) is 0 Å². The van der Waals surface area contributed by atoms with E-state index in [4.69, 9.17) is 15.9 Å². The Labute approximate surface area is 107 Å². The van der Waals surface area contributed by atoms with Crippen LogP contribution in [0, 0.1) is 0 Å². The van der Waals surface area contributed by atoms with Crippen molar-refractivity contribution in [3.8, 4) is 0 Å². The minimum absolute atomic E-state index is 0.129. The number of nitrogens with two attached hydrogens (primary N) is 1. The molecule has 0 aliphatic carbocycles. The number of hydrogen-bond donors (Lipinski definition) is 3. The van der Waals surface area contributed by atoms with Gasteiger partial charge in [0.1, 0.15) is 5.69 Å². The Hall–Kier alpha value is -1.53. The average Bonchev–Trinajstić information content (AvgIpc) is 2.70. The molecule has 0 atom stereocenters. The Morgan fingerprint density at radius 1 is 1.39 bits per heavy atom. The molecule has 1 amide bonds. The molecular formula is C12H21N3O3. The van der Waals surface area contributed by atoms with Gasteiger partial charge in [0, 0.05) is 25.8 Å². The van der Waals surface area contributed by atoms with Crippen LogP contribution in [0.15, 0.2) is 12.3 Å². The third kappa shape index (κ3) is 3.48. The molecule has 0 aromatic carbocycles. The summed E-state index contributed by atoms with van der Waals surface area (Å²) in [7, 11) is 0. The Morgan fingerprint density at radius 3 is 2.50 bits per heavy atom. The molecule has 0 spiro atoms. The highest BCUT2D eigenvalue weighted by atomic mass is 16.3. The summed E-state index contributed by atoms with van der Waals surface area (Å²) in [5.74, 6) is -0.219. The molecule has 1 heterocycles. The Kier molecular flexibility index (Phi) is 5.67. The number of aliphatic hydroxyl groups is 2. The highest BCUT2D eigenvalue weighted by Crippen LogP contribution is 2.13. The number of hydrogen-bond acceptors (Lipinski definition) is 4. The highest BCUT2D eigenvalue weighted by molar-refractivity contribution is 5.93. The number of rotatable bonds is 7. The molecule has 18 heavy (non-hydrogen) atoms. The van der Waals surface area contributed by atoms with Crippen LogP contribution in [0.4, 0.5) is 5.69 Å². The van der Waals surface area contributed by atoms with E-state index in [2.05, 4.69) is 0 Å². The van der Waals surface area contributed by atoms with Gasteiger partial charge in [-0.1, -0.05) is 6.92 Å². The van der Waals surface area contributed by atoms with Crippen molar-refractivity contribution in [1.82, 2.24) is 9.47 Å². The Morgan fingerprint density at radius 2 is 2.00 bits per heavy atom. The fourth-order valence-electron chi connectivity index (χ4n) is 1.86. The van der Waals surface area contributed by atoms with Gasteiger partial charge in [0.2, 0.25) is 0 Å². The van der Waals surface area contributed by atoms with Crippen molar-refractivity contribution in [2.45, 2.75) is 19.9 Å². The van der Waals surface area contributed by atoms with Gasteiger partial charge in [-0.3, -0.25) is 4.79 Å². The number of aryl methyl sites for hydroxylation is 1. The highest BCUT2D eigenvalue weighted by Gasteiger charge is 2.19. The zero-order chi connectivity index (χ0) is 13.5. The van der Waals surface area contributed by atoms with Gasteiger partial charge in [0.25, 0.3) is 5.91 Å². The van der Waals surface area contributed by atoms with Gasteiger partial charge in [-0.15, -0.1) is 0 Å². The maximum Gasteiger partial charge on any atom is 0.270 e. The smallest absolute Gasteiger partial charge is 0.270 e. The van der Waals surface area contributed by atoms with E-state index in [0.29, 0.717) is 17.9 Å². The third-order valence-corrected chi connectivity index (χ3v) is 2.63. The van der Waals surface area contributed by atoms with E-state index in [1.165, 1.54) is 4.90 Å². The van der Waals surface area contributed by atoms with Crippen molar-refractivity contribution in [2.24, 2.45) is 0 Å². The first-order chi connectivity index (χ1) is 8.63. The summed E-state index contributed by atoms with van der Waals surface area (Å²) in [6, 6.07) is 1.62. The number of nitrogens with zero attached hydrogens (tertiary/aromatic N) is 2. The summed E-state index contributed by atoms with van der Waals surface area (Å²) in [6.45, 7) is 2.88. The molecule has 0 saturated heterocycles. The number of carbonyl (C=O) groups is 1. The fraction of sp³-hybridized carbons (Fsp3) is 0.583. The standard InChI is InChI=1S/C12H21N3O3/c1-2-3-15-9-10(13)8-11(15)12(18)14(4-6-16)5-7-17/h8-9,16-17H,2-7,13H2,1H3. The molecule has 6 heteroatoms. The largest absolute Gasteiger partial charge is 0.397 e. The van der Waals surface area contributed by atoms with Crippen LogP contribution in [0.1, 0.15) is 23.8 Å². The SMILES string of the molecule is CCCn1cc(N)cc1C(=O)N(CCO)CCO. The third-order valence-electron chi connectivity index (χ3n) is 2.63. The second-order valence-corrected chi connectivity index (χ2v) is 4.09. The number of carbonyl (C=O) groups excluding carboxylic acids is 1. The van der Waals surface area contributed by atoms with E-state index in [9.17, 15) is 4.79 Å². The molecule has 0 aliphatic rings. The van der Waals surface area contributed by atoms with Gasteiger partial charge in [-0.05, 0) is 12.5 Å². The van der Waals surface area contributed by atoms with Gasteiger partial charge in [-0.25, -0.2) is 0 Å². The van der Waals surface area contributed by atoms with Crippen molar-refractivity contribution in [1.29, 1.82) is 0 Å². The van der Waals surface area contributed by atoms with Crippen LogP contribution in [-0.4, -0.2) is 51.9 Å². The normalized spacial score (nSPS) is 10.6. The van der Waals surface area contributed by atoms with Crippen LogP contribution >= 0.6 is 0 Å². The molecule has 0 aliphatic heterocycles. The van der Waals surface area contributed by atoms with E-state index < -0.39 is 0 Å². The number of anilines is 1. The van der Waals surface area contributed by atoms with Gasteiger partial charge in [0.15, 0.2) is 0 Å². The lowest BCUT2D eigenvalue weighted by Gasteiger charge is -2.21. The van der Waals surface area contributed by atoms with Crippen molar-refractivity contribution >= 4 is 11.6 Å². The molecule has 102 valence electrons. The summed E-state index contributed by atoms with van der Waals surface area (Å²) < 4.78 is 1.80. The molecule has 6 nitrogen and oxygen atoms in total. The molecule has 0 saturated carbocycles. The predicted octanol–water partition coefficient (Wildman–Crippen LogP) is -0.0929. The summed E-state index contributed by atoms with van der Waals surface area (Å²) in [6.07, 6.45) is 2.63. The van der Waals surface area contributed by atoms with E-state index in [-0.39, 0.29) is 32.2 Å². The van der Waals surface area contributed by atoms with E-state index in [1.807, 2.05) is 6.92 Å². The zero-order valence-corrected chi connectivity index (χ0v) is 10.7. The van der Waals surface area contributed by atoms with Gasteiger partial charge < -0.3 is 25.4 Å². The number of aliphatic hydroxyl groups excluding tert-OH is 2. The molecule has 0 radical (unpaired) electrons. The molecule has 0 fully saturated rings. The molecule has 1 aromatic heterocycles. The van der Waals surface area contributed by atoms with Crippen LogP contribution in [0.25, 0.3) is 0 Å². The topological polar surface area (TPSA) is 91.7 Å². The molecule has 0 bridgehead atoms. The minimum atomic E-state index is -0.219. The van der Waals surface area contributed by atoms with Crippen LogP contribution in [0.3, 0.4) is 0 Å². The number of nitrogen functional groups attached to an aromatic ring is 1. The van der Waals surface area contributed by atoms with Crippen LogP contribution in [-0.2, 0) is 6.54 Å². The quantitative estimate of drug-likeness (QED) is 0.635. The summed E-state index contributed by atoms with van der Waals surface area (Å²) in [4.78, 5) is 13.7. The lowest BCUT2D eigenvalue weighted by atomic mass is 10.3. The maximum absolute atomic E-state index is 12.3. The number of amides is 1. The van der Waals surface area contributed by atoms with Crippen molar-refractivity contribution < 1.29 is 15.0 Å². The minimum Gasteiger partial charge on any atom is -0.397 e. The number of aromatic nitrogens is 1. The summed E-state index contributed by atoms with van der Waals surface area (Å²) >= 11 is 0. The lowest BCUT2D eigenvalue weighted by Crippen LogP contribution is -2.36. The van der Waals surface area contributed by atoms with E-state index >= 15 is 0 Å². The first kappa shape index (κ1) is 14.5. The lowest BCUT2D eigenvalue weighted by molar-refractivity contribution is 0.0674. The second-order valence-electron chi connectivity index (χ2n) is 4.09. The zero-order valence-electron chi connectivity index (χ0n) is 10.7. The van der Waals surface area contributed by atoms with Crippen LogP contribution in [0.2, 0.25) is 0 Å². The van der Waals surface area contributed by atoms with Crippen molar-refractivity contribution in [2.75, 3.05) is 32.0 Å². The van der Waals surface area contributed by atoms with Gasteiger partial charge >= 0.3 is 0 Å². The average molecular weight is 255 g/mol. The molecule has 1 rings (SSSR count). The Bertz CT molecular complexity index is 384. The molecular weight excluding hydrogens is 234 g/mol. The first-order valence-electron chi connectivity index (χ1n) is 6.10. The molecule has 0 unspecified atom stereocenters. The Balaban J connectivity index is 2.92. The first-order valence-corrected chi connectivity index (χ1v) is 6.10. The fourth-order valence-corrected chi connectivity index (χ4v) is 1.86.